The summed E-state index contributed by atoms with van der Waals surface area (Å²) in [6.45, 7) is 0. The van der Waals surface area contributed by atoms with Crippen LogP contribution in [0.2, 0.25) is 0 Å². The highest BCUT2D eigenvalue weighted by Crippen LogP contribution is 2.46. The largest absolute Gasteiger partial charge is 0.456 e. The lowest BCUT2D eigenvalue weighted by Crippen LogP contribution is -2.10. The maximum Gasteiger partial charge on any atom is 0.137 e. The van der Waals surface area contributed by atoms with Crippen molar-refractivity contribution in [3.63, 3.8) is 0 Å². The Morgan fingerprint density at radius 2 is 1.11 bits per heavy atom. The molecule has 0 aliphatic heterocycles. The molecule has 0 N–H and O–H groups in total. The molecule has 210 valence electrons. The van der Waals surface area contributed by atoms with Crippen LogP contribution in [0.25, 0.3) is 74.4 Å². The zero-order valence-corrected chi connectivity index (χ0v) is 25.0. The van der Waals surface area contributed by atoms with Crippen LogP contribution in [0, 0.1) is 0 Å². The van der Waals surface area contributed by atoms with Gasteiger partial charge in [0.1, 0.15) is 11.2 Å². The molecule has 10 aromatic rings. The molecule has 8 aromatic carbocycles. The monoisotopic (exact) mass is 591 g/mol. The standard InChI is InChI=1S/C42H25NOS/c1-2-9-29(10-3-1)43(34-13-8-15-36-41(34)32-11-4-6-14-35(32)44-36)30-22-23-31-28(25-30)20-19-26-17-18-27-21-24-38-42(40(27)39(26)31)33-12-5-7-16-37(33)45-38/h1-25H. The number of rotatable bonds is 3. The van der Waals surface area contributed by atoms with Gasteiger partial charge in [-0.3, -0.25) is 0 Å². The number of nitrogens with zero attached hydrogens (tertiary/aromatic N) is 1. The van der Waals surface area contributed by atoms with Crippen molar-refractivity contribution in [2.45, 2.75) is 0 Å². The van der Waals surface area contributed by atoms with Crippen LogP contribution in [0.4, 0.5) is 17.1 Å². The third kappa shape index (κ3) is 3.62. The smallest absolute Gasteiger partial charge is 0.137 e. The van der Waals surface area contributed by atoms with Crippen molar-refractivity contribution < 1.29 is 4.42 Å². The van der Waals surface area contributed by atoms with Crippen molar-refractivity contribution in [3.8, 4) is 0 Å². The molecule has 2 heterocycles. The van der Waals surface area contributed by atoms with E-state index in [9.17, 15) is 0 Å². The van der Waals surface area contributed by atoms with Crippen molar-refractivity contribution in [1.29, 1.82) is 0 Å². The maximum atomic E-state index is 6.31. The number of fused-ring (bicyclic) bond motifs is 12. The van der Waals surface area contributed by atoms with Gasteiger partial charge in [-0.25, -0.2) is 0 Å². The fourth-order valence-corrected chi connectivity index (χ4v) is 8.37. The summed E-state index contributed by atoms with van der Waals surface area (Å²) in [6.07, 6.45) is 0. The minimum Gasteiger partial charge on any atom is -0.456 e. The van der Waals surface area contributed by atoms with Crippen molar-refractivity contribution in [3.05, 3.63) is 152 Å². The van der Waals surface area contributed by atoms with Gasteiger partial charge in [0, 0.05) is 36.9 Å². The summed E-state index contributed by atoms with van der Waals surface area (Å²) in [4.78, 5) is 2.36. The van der Waals surface area contributed by atoms with Crippen LogP contribution in [0.3, 0.4) is 0 Å². The molecule has 0 saturated carbocycles. The summed E-state index contributed by atoms with van der Waals surface area (Å²) < 4.78 is 8.97. The average molecular weight is 592 g/mol. The van der Waals surface area contributed by atoms with Crippen molar-refractivity contribution >= 4 is 103 Å². The molecule has 3 heteroatoms. The Morgan fingerprint density at radius 3 is 2.00 bits per heavy atom. The van der Waals surface area contributed by atoms with Gasteiger partial charge in [-0.05, 0) is 86.9 Å². The zero-order valence-electron chi connectivity index (χ0n) is 24.2. The highest BCUT2D eigenvalue weighted by Gasteiger charge is 2.20. The lowest BCUT2D eigenvalue weighted by molar-refractivity contribution is 0.669. The third-order valence-electron chi connectivity index (χ3n) is 9.20. The summed E-state index contributed by atoms with van der Waals surface area (Å²) in [5, 5.41) is 12.6. The summed E-state index contributed by atoms with van der Waals surface area (Å²) in [7, 11) is 0. The molecule has 0 aliphatic carbocycles. The Kier molecular flexibility index (Phi) is 5.19. The van der Waals surface area contributed by atoms with E-state index in [1.165, 1.54) is 52.5 Å². The third-order valence-corrected chi connectivity index (χ3v) is 10.3. The van der Waals surface area contributed by atoms with E-state index in [1.54, 1.807) is 0 Å². The van der Waals surface area contributed by atoms with Gasteiger partial charge in [-0.15, -0.1) is 11.3 Å². The molecule has 45 heavy (non-hydrogen) atoms. The molecule has 0 radical (unpaired) electrons. The second-order valence-corrected chi connectivity index (χ2v) is 12.8. The lowest BCUT2D eigenvalue weighted by Gasteiger charge is -2.26. The van der Waals surface area contributed by atoms with Crippen molar-refractivity contribution in [2.24, 2.45) is 0 Å². The Hall–Kier alpha value is -5.64. The molecular formula is C42H25NOS. The van der Waals surface area contributed by atoms with Crippen LogP contribution in [-0.2, 0) is 0 Å². The molecule has 0 saturated heterocycles. The van der Waals surface area contributed by atoms with Crippen LogP contribution in [0.5, 0.6) is 0 Å². The number of anilines is 3. The first-order chi connectivity index (χ1) is 22.3. The Balaban J connectivity index is 1.27. The van der Waals surface area contributed by atoms with E-state index in [2.05, 4.69) is 144 Å². The number of thiophene rings is 1. The van der Waals surface area contributed by atoms with Gasteiger partial charge in [-0.1, -0.05) is 97.1 Å². The SMILES string of the molecule is c1ccc(N(c2ccc3c(ccc4ccc5ccc6sc7ccccc7c6c5c43)c2)c2cccc3oc4ccccc4c23)cc1. The zero-order chi connectivity index (χ0) is 29.5. The first-order valence-corrected chi connectivity index (χ1v) is 16.1. The van der Waals surface area contributed by atoms with Gasteiger partial charge in [-0.2, -0.15) is 0 Å². The van der Waals surface area contributed by atoms with E-state index in [0.29, 0.717) is 0 Å². The Morgan fingerprint density at radius 1 is 0.400 bits per heavy atom. The molecule has 0 unspecified atom stereocenters. The van der Waals surface area contributed by atoms with E-state index < -0.39 is 0 Å². The highest BCUT2D eigenvalue weighted by atomic mass is 32.1. The number of hydrogen-bond acceptors (Lipinski definition) is 3. The second kappa shape index (κ2) is 9.43. The minimum atomic E-state index is 0.889. The number of furan rings is 1. The molecule has 0 aliphatic rings. The average Bonchev–Trinajstić information content (AvgIpc) is 3.67. The summed E-state index contributed by atoms with van der Waals surface area (Å²) in [6, 6.07) is 54.7. The number of benzene rings is 8. The van der Waals surface area contributed by atoms with Gasteiger partial charge >= 0.3 is 0 Å². The van der Waals surface area contributed by atoms with E-state index in [4.69, 9.17) is 4.42 Å². The van der Waals surface area contributed by atoms with E-state index in [0.717, 1.165) is 39.0 Å². The van der Waals surface area contributed by atoms with Crippen LogP contribution >= 0.6 is 11.3 Å². The predicted molar refractivity (Wildman–Crippen MR) is 194 cm³/mol. The first-order valence-electron chi connectivity index (χ1n) is 15.3. The van der Waals surface area contributed by atoms with Gasteiger partial charge in [0.25, 0.3) is 0 Å². The maximum absolute atomic E-state index is 6.31. The number of para-hydroxylation sites is 2. The van der Waals surface area contributed by atoms with Crippen molar-refractivity contribution in [2.75, 3.05) is 4.90 Å². The predicted octanol–water partition coefficient (Wildman–Crippen LogP) is 12.9. The van der Waals surface area contributed by atoms with Crippen LogP contribution < -0.4 is 4.90 Å². The summed E-state index contributed by atoms with van der Waals surface area (Å²) >= 11 is 1.88. The summed E-state index contributed by atoms with van der Waals surface area (Å²) in [5.74, 6) is 0. The van der Waals surface area contributed by atoms with E-state index in [1.807, 2.05) is 23.5 Å². The second-order valence-electron chi connectivity index (χ2n) is 11.7. The van der Waals surface area contributed by atoms with Crippen LogP contribution in [0.1, 0.15) is 0 Å². The van der Waals surface area contributed by atoms with E-state index in [-0.39, 0.29) is 0 Å². The number of hydrogen-bond donors (Lipinski definition) is 0. The van der Waals surface area contributed by atoms with Gasteiger partial charge in [0.15, 0.2) is 0 Å². The molecule has 0 atom stereocenters. The molecule has 2 aromatic heterocycles. The normalized spacial score (nSPS) is 12.0. The quantitative estimate of drug-likeness (QED) is 0.190. The Bertz CT molecular complexity index is 2770. The highest BCUT2D eigenvalue weighted by molar-refractivity contribution is 7.26. The van der Waals surface area contributed by atoms with Gasteiger partial charge < -0.3 is 9.32 Å². The molecule has 10 rings (SSSR count). The fourth-order valence-electron chi connectivity index (χ4n) is 7.26. The molecule has 0 fully saturated rings. The van der Waals surface area contributed by atoms with E-state index >= 15 is 0 Å². The fraction of sp³-hybridized carbons (Fsp3) is 0. The van der Waals surface area contributed by atoms with Crippen molar-refractivity contribution in [1.82, 2.24) is 0 Å². The van der Waals surface area contributed by atoms with Gasteiger partial charge in [0.2, 0.25) is 0 Å². The first kappa shape index (κ1) is 24.8. The lowest BCUT2D eigenvalue weighted by atomic mass is 9.93. The summed E-state index contributed by atoms with van der Waals surface area (Å²) in [5.41, 5.74) is 5.10. The molecule has 0 amide bonds. The molecule has 0 bridgehead atoms. The Labute approximate surface area is 263 Å². The van der Waals surface area contributed by atoms with Crippen LogP contribution in [0.15, 0.2) is 156 Å². The topological polar surface area (TPSA) is 16.4 Å². The minimum absolute atomic E-state index is 0.889. The van der Waals surface area contributed by atoms with Gasteiger partial charge in [0.05, 0.1) is 11.1 Å². The molecular weight excluding hydrogens is 567 g/mol. The molecule has 0 spiro atoms. The molecule has 2 nitrogen and oxygen atoms in total. The van der Waals surface area contributed by atoms with Crippen LogP contribution in [-0.4, -0.2) is 0 Å².